The highest BCUT2D eigenvalue weighted by Crippen LogP contribution is 2.20. The molecule has 0 aliphatic heterocycles. The second-order valence-corrected chi connectivity index (χ2v) is 8.31. The number of hydrogen-bond donors (Lipinski definition) is 3. The lowest BCUT2D eigenvalue weighted by Crippen LogP contribution is -1.96. The number of benzene rings is 1. The first-order valence-corrected chi connectivity index (χ1v) is 10.7. The largest absolute Gasteiger partial charge is 0.506 e. The van der Waals surface area contributed by atoms with E-state index in [0.29, 0.717) is 5.75 Å². The summed E-state index contributed by atoms with van der Waals surface area (Å²) in [4.78, 5) is 2.67. The first kappa shape index (κ1) is 26.4. The molecule has 0 aliphatic carbocycles. The van der Waals surface area contributed by atoms with E-state index in [2.05, 4.69) is 59.2 Å². The molecule has 0 fully saturated rings. The lowest BCUT2D eigenvalue weighted by molar-refractivity contribution is 0.477. The monoisotopic (exact) mass is 433 g/mol. The highest BCUT2D eigenvalue weighted by Gasteiger charge is 1.98. The molecule has 3 N–H and O–H groups in total. The van der Waals surface area contributed by atoms with Crippen LogP contribution in [0, 0.1) is 24.2 Å². The fraction of sp³-hybridized carbons (Fsp3) is 0.381. The van der Waals surface area contributed by atoms with Gasteiger partial charge in [-0.25, -0.2) is 0 Å². The van der Waals surface area contributed by atoms with Gasteiger partial charge in [-0.1, -0.05) is 32.9 Å². The van der Waals surface area contributed by atoms with Gasteiger partial charge in [0.2, 0.25) is 0 Å². The van der Waals surface area contributed by atoms with E-state index < -0.39 is 0 Å². The zero-order valence-corrected chi connectivity index (χ0v) is 19.6. The molecule has 3 rings (SSSR count). The van der Waals surface area contributed by atoms with Crippen molar-refractivity contribution in [2.24, 2.45) is 5.92 Å². The van der Waals surface area contributed by atoms with Crippen LogP contribution in [0.3, 0.4) is 0 Å². The number of rotatable bonds is 4. The maximum absolute atomic E-state index is 9.05. The predicted molar refractivity (Wildman–Crippen MR) is 126 cm³/mol. The summed E-state index contributed by atoms with van der Waals surface area (Å²) >= 11 is 3.02. The number of thiophene rings is 1. The van der Waals surface area contributed by atoms with Crippen LogP contribution in [0.1, 0.15) is 37.4 Å². The van der Waals surface area contributed by atoms with Crippen molar-refractivity contribution in [2.75, 3.05) is 17.7 Å². The normalized spacial score (nSPS) is 8.90. The minimum atomic E-state index is 0.292. The zero-order chi connectivity index (χ0) is 22.1. The Morgan fingerprint density at radius 3 is 2.21 bits per heavy atom. The molecule has 1 aromatic carbocycles. The number of aromatic nitrogens is 2. The van der Waals surface area contributed by atoms with Crippen molar-refractivity contribution in [3.63, 3.8) is 0 Å². The smallest absolute Gasteiger partial charge is 0.160 e. The van der Waals surface area contributed by atoms with Crippen molar-refractivity contribution < 1.29 is 5.11 Å². The van der Waals surface area contributed by atoms with Crippen LogP contribution in [-0.4, -0.2) is 20.9 Å². The summed E-state index contributed by atoms with van der Waals surface area (Å²) in [6.07, 6.45) is 1.74. The SMILES string of the molecule is CC#N.CC(C)C.CNc1ccccc1O.Cc1ccc(CNc2cnsn2)s1. The van der Waals surface area contributed by atoms with Crippen LogP contribution >= 0.6 is 23.1 Å². The van der Waals surface area contributed by atoms with Gasteiger partial charge in [-0.3, -0.25) is 0 Å². The summed E-state index contributed by atoms with van der Waals surface area (Å²) in [6, 6.07) is 13.1. The topological polar surface area (TPSA) is 93.9 Å². The third-order valence-electron chi connectivity index (χ3n) is 2.77. The molecule has 0 radical (unpaired) electrons. The fourth-order valence-electron chi connectivity index (χ4n) is 1.69. The average Bonchev–Trinajstić information content (AvgIpc) is 3.33. The second-order valence-electron chi connectivity index (χ2n) is 6.38. The molecule has 3 aromatic rings. The standard InChI is InChI=1S/C8H9N3S2.C7H9NO.C4H10.C2H3N/c1-6-2-3-7(12-6)4-9-8-5-10-13-11-8;1-8-6-4-2-3-5-7(6)9;1-4(2)3;1-2-3/h2-3,5H,4H2,1H3,(H,9,11);2-5,8-9H,1H3;4H,1-3H3;1H3. The van der Waals surface area contributed by atoms with Crippen molar-refractivity contribution in [2.45, 2.75) is 41.2 Å². The van der Waals surface area contributed by atoms with E-state index in [1.165, 1.54) is 28.4 Å². The van der Waals surface area contributed by atoms with Gasteiger partial charge in [0.15, 0.2) is 5.82 Å². The summed E-state index contributed by atoms with van der Waals surface area (Å²) < 4.78 is 7.97. The van der Waals surface area contributed by atoms with Crippen LogP contribution in [-0.2, 0) is 6.54 Å². The Balaban J connectivity index is 0.000000426. The van der Waals surface area contributed by atoms with Crippen molar-refractivity contribution in [3.05, 3.63) is 52.3 Å². The number of phenolic OH excluding ortho intramolecular Hbond substituents is 1. The van der Waals surface area contributed by atoms with Gasteiger partial charge in [-0.2, -0.15) is 14.0 Å². The summed E-state index contributed by atoms with van der Waals surface area (Å²) in [7, 11) is 1.77. The molecule has 0 unspecified atom stereocenters. The van der Waals surface area contributed by atoms with E-state index in [4.69, 9.17) is 10.4 Å². The van der Waals surface area contributed by atoms with Gasteiger partial charge in [0, 0.05) is 23.7 Å². The van der Waals surface area contributed by atoms with Crippen molar-refractivity contribution >= 4 is 34.6 Å². The number of aryl methyl sites for hydroxylation is 1. The van der Waals surface area contributed by atoms with Gasteiger partial charge in [-0.15, -0.1) is 11.3 Å². The lowest BCUT2D eigenvalue weighted by Gasteiger charge is -1.99. The minimum Gasteiger partial charge on any atom is -0.506 e. The third kappa shape index (κ3) is 14.1. The number of nitrogens with zero attached hydrogens (tertiary/aromatic N) is 3. The molecule has 0 spiro atoms. The van der Waals surface area contributed by atoms with Crippen LogP contribution in [0.15, 0.2) is 42.6 Å². The summed E-state index contributed by atoms with van der Waals surface area (Å²) in [5.74, 6) is 1.98. The molecule has 2 heterocycles. The number of nitriles is 1. The molecule has 2 aromatic heterocycles. The fourth-order valence-corrected chi connectivity index (χ4v) is 2.91. The Labute approximate surface area is 182 Å². The molecule has 0 saturated carbocycles. The van der Waals surface area contributed by atoms with E-state index in [1.54, 1.807) is 42.8 Å². The Morgan fingerprint density at radius 2 is 1.79 bits per heavy atom. The number of anilines is 2. The average molecular weight is 434 g/mol. The van der Waals surface area contributed by atoms with Crippen LogP contribution in [0.25, 0.3) is 0 Å². The van der Waals surface area contributed by atoms with E-state index in [-0.39, 0.29) is 0 Å². The molecular weight excluding hydrogens is 402 g/mol. The molecule has 0 bridgehead atoms. The van der Waals surface area contributed by atoms with E-state index >= 15 is 0 Å². The number of para-hydroxylation sites is 2. The summed E-state index contributed by atoms with van der Waals surface area (Å²) in [5, 5.41) is 22.4. The summed E-state index contributed by atoms with van der Waals surface area (Å²) in [5.41, 5.74) is 0.762. The minimum absolute atomic E-state index is 0.292. The Morgan fingerprint density at radius 1 is 1.17 bits per heavy atom. The van der Waals surface area contributed by atoms with Crippen molar-refractivity contribution in [3.8, 4) is 11.8 Å². The number of nitrogens with one attached hydrogen (secondary N) is 2. The molecule has 0 amide bonds. The van der Waals surface area contributed by atoms with E-state index in [9.17, 15) is 0 Å². The Kier molecular flexibility index (Phi) is 14.9. The van der Waals surface area contributed by atoms with Gasteiger partial charge in [0.05, 0.1) is 36.2 Å². The Bertz CT molecular complexity index is 808. The summed E-state index contributed by atoms with van der Waals surface area (Å²) in [6.45, 7) is 10.9. The highest BCUT2D eigenvalue weighted by molar-refractivity contribution is 7.11. The van der Waals surface area contributed by atoms with Crippen molar-refractivity contribution in [1.82, 2.24) is 8.75 Å². The van der Waals surface area contributed by atoms with Gasteiger partial charge in [0.1, 0.15) is 5.75 Å². The van der Waals surface area contributed by atoms with Crippen LogP contribution in [0.2, 0.25) is 0 Å². The molecule has 0 aliphatic rings. The first-order chi connectivity index (χ1) is 13.8. The Hall–Kier alpha value is -2.63. The molecule has 0 atom stereocenters. The molecular formula is C21H31N5OS2. The van der Waals surface area contributed by atoms with E-state index in [0.717, 1.165) is 24.0 Å². The zero-order valence-electron chi connectivity index (χ0n) is 17.9. The van der Waals surface area contributed by atoms with Crippen molar-refractivity contribution in [1.29, 1.82) is 5.26 Å². The number of aromatic hydroxyl groups is 1. The van der Waals surface area contributed by atoms with Gasteiger partial charge >= 0.3 is 0 Å². The second kappa shape index (κ2) is 16.3. The maximum atomic E-state index is 9.05. The lowest BCUT2D eigenvalue weighted by atomic mass is 10.3. The van der Waals surface area contributed by atoms with Crippen LogP contribution < -0.4 is 10.6 Å². The molecule has 6 nitrogen and oxygen atoms in total. The van der Waals surface area contributed by atoms with E-state index in [1.807, 2.05) is 12.1 Å². The van der Waals surface area contributed by atoms with Gasteiger partial charge in [0.25, 0.3) is 0 Å². The molecule has 158 valence electrons. The quantitative estimate of drug-likeness (QED) is 0.427. The number of hydrogen-bond acceptors (Lipinski definition) is 8. The van der Waals surface area contributed by atoms with Crippen LogP contribution in [0.4, 0.5) is 11.5 Å². The molecule has 8 heteroatoms. The maximum Gasteiger partial charge on any atom is 0.160 e. The third-order valence-corrected chi connectivity index (χ3v) is 4.25. The first-order valence-electron chi connectivity index (χ1n) is 9.17. The predicted octanol–water partition coefficient (Wildman–Crippen LogP) is 6.15. The van der Waals surface area contributed by atoms with Gasteiger partial charge in [-0.05, 0) is 37.1 Å². The van der Waals surface area contributed by atoms with Gasteiger partial charge < -0.3 is 15.7 Å². The highest BCUT2D eigenvalue weighted by atomic mass is 32.1. The van der Waals surface area contributed by atoms with Crippen LogP contribution in [0.5, 0.6) is 5.75 Å². The molecule has 29 heavy (non-hydrogen) atoms. The molecule has 0 saturated heterocycles. The number of phenols is 1.